The Kier molecular flexibility index (Phi) is 4.27. The fraction of sp³-hybridized carbons (Fsp3) is 0.333. The highest BCUT2D eigenvalue weighted by Crippen LogP contribution is 2.30. The average Bonchev–Trinajstić information content (AvgIpc) is 2.80. The summed E-state index contributed by atoms with van der Waals surface area (Å²) in [5, 5.41) is 1.36. The number of aryl methyl sites for hydroxylation is 3. The number of hydrogen-bond donors (Lipinski definition) is 1. The molecule has 0 aliphatic carbocycles. The van der Waals surface area contributed by atoms with Crippen molar-refractivity contribution in [1.29, 1.82) is 0 Å². The molecule has 1 atom stereocenters. The highest BCUT2D eigenvalue weighted by atomic mass is 14.9. The molecule has 0 aliphatic heterocycles. The first-order valence-electron chi connectivity index (χ1n) is 8.33. The molecule has 0 amide bonds. The maximum absolute atomic E-state index is 6.13. The topological polar surface area (TPSA) is 30.9 Å². The Balaban J connectivity index is 2.02. The molecule has 3 aromatic rings. The molecule has 0 spiro atoms. The van der Waals surface area contributed by atoms with Crippen molar-refractivity contribution in [2.75, 3.05) is 6.54 Å². The fourth-order valence-electron chi connectivity index (χ4n) is 3.46. The quantitative estimate of drug-likeness (QED) is 0.761. The molecule has 0 aliphatic rings. The van der Waals surface area contributed by atoms with Crippen LogP contribution in [-0.2, 0) is 13.5 Å². The van der Waals surface area contributed by atoms with Gasteiger partial charge in [-0.1, -0.05) is 36.4 Å². The molecule has 0 fully saturated rings. The highest BCUT2D eigenvalue weighted by molar-refractivity contribution is 5.85. The number of nitrogens with zero attached hydrogens (tertiary/aromatic N) is 1. The van der Waals surface area contributed by atoms with Gasteiger partial charge in [-0.2, -0.15) is 0 Å². The van der Waals surface area contributed by atoms with Gasteiger partial charge in [0.1, 0.15) is 0 Å². The zero-order valence-electron chi connectivity index (χ0n) is 14.6. The van der Waals surface area contributed by atoms with Crippen LogP contribution in [0.2, 0.25) is 0 Å². The van der Waals surface area contributed by atoms with Crippen LogP contribution in [0.3, 0.4) is 0 Å². The van der Waals surface area contributed by atoms with Crippen molar-refractivity contribution in [3.63, 3.8) is 0 Å². The van der Waals surface area contributed by atoms with Crippen LogP contribution >= 0.6 is 0 Å². The predicted octanol–water partition coefficient (Wildman–Crippen LogP) is 4.39. The zero-order chi connectivity index (χ0) is 16.6. The van der Waals surface area contributed by atoms with Gasteiger partial charge in [-0.25, -0.2) is 0 Å². The molecule has 2 nitrogen and oxygen atoms in total. The largest absolute Gasteiger partial charge is 0.348 e. The normalized spacial score (nSPS) is 12.7. The smallest absolute Gasteiger partial charge is 0.0482 e. The Bertz CT molecular complexity index is 842. The molecule has 0 saturated heterocycles. The lowest BCUT2D eigenvalue weighted by molar-refractivity contribution is 0.690. The number of hydrogen-bond acceptors (Lipinski definition) is 1. The summed E-state index contributed by atoms with van der Waals surface area (Å²) in [6, 6.07) is 15.4. The minimum atomic E-state index is 0.360. The highest BCUT2D eigenvalue weighted by Gasteiger charge is 2.17. The van der Waals surface area contributed by atoms with Gasteiger partial charge >= 0.3 is 0 Å². The van der Waals surface area contributed by atoms with Crippen LogP contribution < -0.4 is 5.73 Å². The Morgan fingerprint density at radius 3 is 2.43 bits per heavy atom. The van der Waals surface area contributed by atoms with Crippen molar-refractivity contribution in [2.24, 2.45) is 12.8 Å². The van der Waals surface area contributed by atoms with Crippen molar-refractivity contribution in [1.82, 2.24) is 4.57 Å². The second-order valence-corrected chi connectivity index (χ2v) is 6.62. The van der Waals surface area contributed by atoms with Crippen LogP contribution in [0.25, 0.3) is 10.9 Å². The van der Waals surface area contributed by atoms with E-state index in [1.165, 1.54) is 38.9 Å². The summed E-state index contributed by atoms with van der Waals surface area (Å²) in [6.45, 7) is 7.22. The van der Waals surface area contributed by atoms with E-state index in [2.05, 4.69) is 74.9 Å². The van der Waals surface area contributed by atoms with E-state index in [4.69, 9.17) is 5.73 Å². The monoisotopic (exact) mass is 306 g/mol. The van der Waals surface area contributed by atoms with Crippen LogP contribution in [0.5, 0.6) is 0 Å². The summed E-state index contributed by atoms with van der Waals surface area (Å²) in [6.07, 6.45) is 0.992. The first-order valence-corrected chi connectivity index (χ1v) is 8.33. The molecule has 0 saturated carbocycles. The third kappa shape index (κ3) is 2.79. The fourth-order valence-corrected chi connectivity index (χ4v) is 3.46. The molecule has 1 unspecified atom stereocenters. The van der Waals surface area contributed by atoms with Gasteiger partial charge in [0.05, 0.1) is 0 Å². The van der Waals surface area contributed by atoms with Crippen LogP contribution in [0.1, 0.15) is 33.9 Å². The summed E-state index contributed by atoms with van der Waals surface area (Å²) in [5.41, 5.74) is 14.2. The van der Waals surface area contributed by atoms with E-state index < -0.39 is 0 Å². The summed E-state index contributed by atoms with van der Waals surface area (Å²) in [7, 11) is 2.15. The molecule has 120 valence electrons. The van der Waals surface area contributed by atoms with E-state index in [1.807, 2.05) is 0 Å². The van der Waals surface area contributed by atoms with Crippen LogP contribution in [0.4, 0.5) is 0 Å². The second kappa shape index (κ2) is 6.21. The standard InChI is InChI=1S/C21H26N2/c1-14-9-10-17(11-15(14)2)18(13-22)12-20-16(3)23(4)21-8-6-5-7-19(20)21/h5-11,18H,12-13,22H2,1-4H3. The summed E-state index contributed by atoms with van der Waals surface area (Å²) < 4.78 is 2.29. The van der Waals surface area contributed by atoms with Crippen molar-refractivity contribution in [2.45, 2.75) is 33.1 Å². The van der Waals surface area contributed by atoms with E-state index in [0.717, 1.165) is 6.42 Å². The molecule has 0 radical (unpaired) electrons. The molecule has 3 rings (SSSR count). The Morgan fingerprint density at radius 1 is 1.00 bits per heavy atom. The van der Waals surface area contributed by atoms with Gasteiger partial charge in [0.15, 0.2) is 0 Å². The maximum atomic E-state index is 6.13. The van der Waals surface area contributed by atoms with E-state index in [1.54, 1.807) is 0 Å². The van der Waals surface area contributed by atoms with Crippen molar-refractivity contribution < 1.29 is 0 Å². The third-order valence-corrected chi connectivity index (χ3v) is 5.27. The number of fused-ring (bicyclic) bond motifs is 1. The Labute approximate surface area is 138 Å². The first kappa shape index (κ1) is 15.8. The van der Waals surface area contributed by atoms with Gasteiger partial charge in [-0.3, -0.25) is 0 Å². The third-order valence-electron chi connectivity index (χ3n) is 5.27. The van der Waals surface area contributed by atoms with E-state index in [-0.39, 0.29) is 0 Å². The molecule has 1 aromatic heterocycles. The lowest BCUT2D eigenvalue weighted by Gasteiger charge is -2.17. The minimum absolute atomic E-state index is 0.360. The Hall–Kier alpha value is -2.06. The predicted molar refractivity (Wildman–Crippen MR) is 99.1 cm³/mol. The van der Waals surface area contributed by atoms with E-state index in [9.17, 15) is 0 Å². The molecule has 0 bridgehead atoms. The first-order chi connectivity index (χ1) is 11.0. The van der Waals surface area contributed by atoms with Gasteiger partial charge in [0, 0.05) is 29.6 Å². The second-order valence-electron chi connectivity index (χ2n) is 6.62. The number of benzene rings is 2. The Morgan fingerprint density at radius 2 is 1.74 bits per heavy atom. The van der Waals surface area contributed by atoms with Gasteiger partial charge in [-0.05, 0) is 62.1 Å². The summed E-state index contributed by atoms with van der Waals surface area (Å²) >= 11 is 0. The molecule has 2 heteroatoms. The number of para-hydroxylation sites is 1. The number of rotatable bonds is 4. The summed E-state index contributed by atoms with van der Waals surface area (Å²) in [5.74, 6) is 0.360. The molecule has 23 heavy (non-hydrogen) atoms. The average molecular weight is 306 g/mol. The van der Waals surface area contributed by atoms with Crippen molar-refractivity contribution in [3.05, 3.63) is 70.4 Å². The number of nitrogens with two attached hydrogens (primary N) is 1. The zero-order valence-corrected chi connectivity index (χ0v) is 14.6. The number of aromatic nitrogens is 1. The van der Waals surface area contributed by atoms with Crippen LogP contribution in [0.15, 0.2) is 42.5 Å². The maximum Gasteiger partial charge on any atom is 0.0482 e. The van der Waals surface area contributed by atoms with Gasteiger partial charge < -0.3 is 10.3 Å². The lowest BCUT2D eigenvalue weighted by atomic mass is 9.89. The lowest BCUT2D eigenvalue weighted by Crippen LogP contribution is -2.15. The van der Waals surface area contributed by atoms with Crippen molar-refractivity contribution in [3.8, 4) is 0 Å². The van der Waals surface area contributed by atoms with Crippen LogP contribution in [-0.4, -0.2) is 11.1 Å². The molecule has 1 heterocycles. The van der Waals surface area contributed by atoms with E-state index >= 15 is 0 Å². The summed E-state index contributed by atoms with van der Waals surface area (Å²) in [4.78, 5) is 0. The molecular weight excluding hydrogens is 280 g/mol. The van der Waals surface area contributed by atoms with Gasteiger partial charge in [0.25, 0.3) is 0 Å². The van der Waals surface area contributed by atoms with Gasteiger partial charge in [-0.15, -0.1) is 0 Å². The molecular formula is C21H26N2. The van der Waals surface area contributed by atoms with E-state index in [0.29, 0.717) is 12.5 Å². The SMILES string of the molecule is Cc1ccc(C(CN)Cc2c(C)n(C)c3ccccc23)cc1C. The molecule has 2 N–H and O–H groups in total. The van der Waals surface area contributed by atoms with Crippen LogP contribution in [0, 0.1) is 20.8 Å². The minimum Gasteiger partial charge on any atom is -0.348 e. The molecule has 2 aromatic carbocycles. The van der Waals surface area contributed by atoms with Crippen molar-refractivity contribution >= 4 is 10.9 Å². The van der Waals surface area contributed by atoms with Gasteiger partial charge in [0.2, 0.25) is 0 Å².